The van der Waals surface area contributed by atoms with Crippen LogP contribution in [0.25, 0.3) is 5.69 Å². The van der Waals surface area contributed by atoms with E-state index >= 15 is 0 Å². The van der Waals surface area contributed by atoms with Crippen molar-refractivity contribution in [2.45, 2.75) is 18.9 Å². The van der Waals surface area contributed by atoms with Gasteiger partial charge in [-0.05, 0) is 57.2 Å². The maximum absolute atomic E-state index is 12.1. The molecule has 0 bridgehead atoms. The van der Waals surface area contributed by atoms with Gasteiger partial charge in [0.25, 0.3) is 0 Å². The van der Waals surface area contributed by atoms with E-state index in [1.165, 1.54) is 7.11 Å². The third-order valence-electron chi connectivity index (χ3n) is 4.78. The molecular weight excluding hydrogens is 330 g/mol. The van der Waals surface area contributed by atoms with Crippen LogP contribution in [0.3, 0.4) is 0 Å². The summed E-state index contributed by atoms with van der Waals surface area (Å²) in [7, 11) is 3.43. The summed E-state index contributed by atoms with van der Waals surface area (Å²) in [6.45, 7) is 2.19. The van der Waals surface area contributed by atoms with E-state index in [1.54, 1.807) is 10.8 Å². The van der Waals surface area contributed by atoms with Crippen LogP contribution in [0.2, 0.25) is 0 Å². The van der Waals surface area contributed by atoms with E-state index in [0.29, 0.717) is 6.04 Å². The number of rotatable bonds is 4. The second kappa shape index (κ2) is 7.50. The Kier molecular flexibility index (Phi) is 5.14. The lowest BCUT2D eigenvalue weighted by atomic mass is 10.1. The predicted molar refractivity (Wildman–Crippen MR) is 100 cm³/mol. The molecule has 1 fully saturated rings. The number of methoxy groups -OCH3 is 1. The Balaban J connectivity index is 1.83. The largest absolute Gasteiger partial charge is 0.464 e. The summed E-state index contributed by atoms with van der Waals surface area (Å²) in [6, 6.07) is 10.2. The van der Waals surface area contributed by atoms with Gasteiger partial charge in [-0.2, -0.15) is 5.26 Å². The summed E-state index contributed by atoms with van der Waals surface area (Å²) in [5.41, 5.74) is 8.25. The molecule has 1 aliphatic rings. The van der Waals surface area contributed by atoms with E-state index < -0.39 is 5.97 Å². The van der Waals surface area contributed by atoms with E-state index in [0.717, 1.165) is 37.3 Å². The predicted octanol–water partition coefficient (Wildman–Crippen LogP) is 2.22. The molecule has 136 valence electrons. The summed E-state index contributed by atoms with van der Waals surface area (Å²) in [6.07, 6.45) is 3.79. The van der Waals surface area contributed by atoms with E-state index in [4.69, 9.17) is 10.5 Å². The van der Waals surface area contributed by atoms with Crippen LogP contribution in [-0.2, 0) is 4.74 Å². The molecule has 1 saturated heterocycles. The maximum Gasteiger partial charge on any atom is 0.357 e. The number of anilines is 2. The lowest BCUT2D eigenvalue weighted by Gasteiger charge is -2.30. The lowest BCUT2D eigenvalue weighted by Crippen LogP contribution is -2.36. The number of carbonyl (C=O) groups is 1. The Bertz CT molecular complexity index is 827. The van der Waals surface area contributed by atoms with E-state index in [2.05, 4.69) is 17.3 Å². The van der Waals surface area contributed by atoms with Crippen LogP contribution < -0.4 is 11.1 Å². The molecule has 0 aliphatic carbocycles. The van der Waals surface area contributed by atoms with Crippen LogP contribution in [0.5, 0.6) is 0 Å². The average molecular weight is 353 g/mol. The molecule has 0 radical (unpaired) electrons. The summed E-state index contributed by atoms with van der Waals surface area (Å²) in [5, 5.41) is 12.7. The molecule has 3 rings (SSSR count). The Labute approximate surface area is 153 Å². The van der Waals surface area contributed by atoms with Gasteiger partial charge in [-0.1, -0.05) is 0 Å². The topological polar surface area (TPSA) is 96.3 Å². The molecule has 0 unspecified atom stereocenters. The van der Waals surface area contributed by atoms with Crippen LogP contribution in [0.15, 0.2) is 30.5 Å². The maximum atomic E-state index is 12.1. The molecule has 3 N–H and O–H groups in total. The number of nitrogens with one attached hydrogen (secondary N) is 1. The van der Waals surface area contributed by atoms with Gasteiger partial charge in [-0.3, -0.25) is 0 Å². The van der Waals surface area contributed by atoms with Crippen molar-refractivity contribution in [3.8, 4) is 11.8 Å². The number of benzene rings is 1. The number of aromatic nitrogens is 1. The van der Waals surface area contributed by atoms with E-state index in [-0.39, 0.29) is 16.9 Å². The van der Waals surface area contributed by atoms with Crippen molar-refractivity contribution in [3.63, 3.8) is 0 Å². The normalized spacial score (nSPS) is 15.4. The molecule has 2 aromatic rings. The fraction of sp³-hybridized carbons (Fsp3) is 0.368. The molecule has 26 heavy (non-hydrogen) atoms. The SMILES string of the molecule is COC(=O)c1c(N)c(C#N)cn1-c1ccc(NC2CCN(C)CC2)cc1. The number of ether oxygens (including phenoxy) is 1. The third-order valence-corrected chi connectivity index (χ3v) is 4.78. The highest BCUT2D eigenvalue weighted by Gasteiger charge is 2.22. The van der Waals surface area contributed by atoms with Crippen molar-refractivity contribution in [3.05, 3.63) is 41.7 Å². The number of likely N-dealkylation sites (tertiary alicyclic amines) is 1. The highest BCUT2D eigenvalue weighted by atomic mass is 16.5. The van der Waals surface area contributed by atoms with Crippen molar-refractivity contribution in [2.24, 2.45) is 0 Å². The Hall–Kier alpha value is -2.98. The van der Waals surface area contributed by atoms with Gasteiger partial charge in [-0.15, -0.1) is 0 Å². The molecule has 0 amide bonds. The molecular formula is C19H23N5O2. The summed E-state index contributed by atoms with van der Waals surface area (Å²) in [5.74, 6) is -0.572. The van der Waals surface area contributed by atoms with Gasteiger partial charge in [0.1, 0.15) is 6.07 Å². The van der Waals surface area contributed by atoms with Gasteiger partial charge in [-0.25, -0.2) is 4.79 Å². The number of nitrogens with zero attached hydrogens (tertiary/aromatic N) is 3. The van der Waals surface area contributed by atoms with Gasteiger partial charge in [0, 0.05) is 23.6 Å². The van der Waals surface area contributed by atoms with Crippen LogP contribution in [0.1, 0.15) is 28.9 Å². The van der Waals surface area contributed by atoms with Crippen molar-refractivity contribution in [1.82, 2.24) is 9.47 Å². The molecule has 7 heteroatoms. The Morgan fingerprint density at radius 2 is 1.96 bits per heavy atom. The van der Waals surface area contributed by atoms with Gasteiger partial charge in [0.05, 0.1) is 18.4 Å². The molecule has 7 nitrogen and oxygen atoms in total. The monoisotopic (exact) mass is 353 g/mol. The summed E-state index contributed by atoms with van der Waals surface area (Å²) in [4.78, 5) is 14.4. The zero-order valence-electron chi connectivity index (χ0n) is 15.0. The van der Waals surface area contributed by atoms with Gasteiger partial charge >= 0.3 is 5.97 Å². The number of carbonyl (C=O) groups excluding carboxylic acids is 1. The minimum absolute atomic E-state index is 0.132. The van der Waals surface area contributed by atoms with Crippen molar-refractivity contribution >= 4 is 17.3 Å². The third kappa shape index (κ3) is 3.51. The first kappa shape index (κ1) is 17.8. The summed E-state index contributed by atoms with van der Waals surface area (Å²) >= 11 is 0. The van der Waals surface area contributed by atoms with Crippen LogP contribution >= 0.6 is 0 Å². The standard InChI is InChI=1S/C19H23N5O2/c1-23-9-7-15(8-10-23)22-14-3-5-16(6-4-14)24-12-13(11-20)17(21)18(24)19(25)26-2/h3-6,12,15,22H,7-10,21H2,1-2H3. The second-order valence-corrected chi connectivity index (χ2v) is 6.55. The highest BCUT2D eigenvalue weighted by Crippen LogP contribution is 2.26. The number of nitriles is 1. The van der Waals surface area contributed by atoms with Crippen molar-refractivity contribution in [2.75, 3.05) is 38.3 Å². The average Bonchev–Trinajstić information content (AvgIpc) is 3.00. The molecule has 1 aromatic heterocycles. The van der Waals surface area contributed by atoms with Gasteiger partial charge < -0.3 is 25.3 Å². The van der Waals surface area contributed by atoms with Crippen LogP contribution in [0, 0.1) is 11.3 Å². The molecule has 1 aliphatic heterocycles. The van der Waals surface area contributed by atoms with Gasteiger partial charge in [0.2, 0.25) is 0 Å². The van der Waals surface area contributed by atoms with Crippen molar-refractivity contribution < 1.29 is 9.53 Å². The summed E-state index contributed by atoms with van der Waals surface area (Å²) < 4.78 is 6.40. The quantitative estimate of drug-likeness (QED) is 0.818. The molecule has 0 atom stereocenters. The van der Waals surface area contributed by atoms with E-state index in [9.17, 15) is 10.1 Å². The minimum Gasteiger partial charge on any atom is -0.464 e. The molecule has 0 spiro atoms. The Morgan fingerprint density at radius 3 is 2.54 bits per heavy atom. The minimum atomic E-state index is -0.572. The molecule has 0 saturated carbocycles. The smallest absolute Gasteiger partial charge is 0.357 e. The number of piperidine rings is 1. The number of hydrogen-bond acceptors (Lipinski definition) is 6. The first-order valence-electron chi connectivity index (χ1n) is 8.58. The zero-order chi connectivity index (χ0) is 18.7. The zero-order valence-corrected chi connectivity index (χ0v) is 15.0. The van der Waals surface area contributed by atoms with Gasteiger partial charge in [0.15, 0.2) is 5.69 Å². The number of esters is 1. The number of hydrogen-bond donors (Lipinski definition) is 2. The second-order valence-electron chi connectivity index (χ2n) is 6.55. The molecule has 2 heterocycles. The fourth-order valence-electron chi connectivity index (χ4n) is 3.23. The van der Waals surface area contributed by atoms with Crippen LogP contribution in [0.4, 0.5) is 11.4 Å². The first-order valence-corrected chi connectivity index (χ1v) is 8.58. The highest BCUT2D eigenvalue weighted by molar-refractivity contribution is 5.95. The van der Waals surface area contributed by atoms with Crippen molar-refractivity contribution in [1.29, 1.82) is 5.26 Å². The lowest BCUT2D eigenvalue weighted by molar-refractivity contribution is 0.0593. The van der Waals surface area contributed by atoms with Crippen LogP contribution in [-0.4, -0.2) is 48.7 Å². The van der Waals surface area contributed by atoms with E-state index in [1.807, 2.05) is 30.3 Å². The Morgan fingerprint density at radius 1 is 1.31 bits per heavy atom. The number of nitrogens with two attached hydrogens (primary N) is 1. The first-order chi connectivity index (χ1) is 12.5. The fourth-order valence-corrected chi connectivity index (χ4v) is 3.23. The molecule has 1 aromatic carbocycles. The number of nitrogen functional groups attached to an aromatic ring is 1.